The minimum Gasteiger partial charge on any atom is -0.400 e. The highest BCUT2D eigenvalue weighted by molar-refractivity contribution is 6.43. The second-order valence-corrected chi connectivity index (χ2v) is 4.80. The van der Waals surface area contributed by atoms with Crippen LogP contribution in [-0.4, -0.2) is 58.1 Å². The summed E-state index contributed by atoms with van der Waals surface area (Å²) in [6.45, 7) is 1.37. The number of hydrogen-bond acceptors (Lipinski definition) is 8. The lowest BCUT2D eigenvalue weighted by Crippen LogP contribution is -2.47. The van der Waals surface area contributed by atoms with E-state index in [0.29, 0.717) is 6.42 Å². The molecule has 0 aromatic heterocycles. The Morgan fingerprint density at radius 2 is 1.95 bits per heavy atom. The maximum Gasteiger partial charge on any atom is 0.273 e. The van der Waals surface area contributed by atoms with Crippen LogP contribution in [0.4, 0.5) is 0 Å². The van der Waals surface area contributed by atoms with Crippen LogP contribution in [-0.2, 0) is 9.53 Å². The lowest BCUT2D eigenvalue weighted by molar-refractivity contribution is -0.121. The molecule has 9 N–H and O–H groups in total. The lowest BCUT2D eigenvalue weighted by atomic mass is 10.1. The SMILES string of the molecule is CCCC(N)=C(N)C(=N)C(=O)NC1OC(CO)C(O)C1O. The van der Waals surface area contributed by atoms with Crippen molar-refractivity contribution in [3.63, 3.8) is 0 Å². The molecule has 1 rings (SSSR count). The summed E-state index contributed by atoms with van der Waals surface area (Å²) in [5, 5.41) is 38.1. The van der Waals surface area contributed by atoms with E-state index in [1.165, 1.54) is 0 Å². The van der Waals surface area contributed by atoms with Crippen molar-refractivity contribution in [3.05, 3.63) is 11.4 Å². The van der Waals surface area contributed by atoms with Gasteiger partial charge in [-0.2, -0.15) is 0 Å². The van der Waals surface area contributed by atoms with Gasteiger partial charge in [-0.05, 0) is 6.42 Å². The first-order chi connectivity index (χ1) is 9.83. The van der Waals surface area contributed by atoms with Crippen molar-refractivity contribution in [2.24, 2.45) is 11.5 Å². The zero-order valence-corrected chi connectivity index (χ0v) is 11.7. The molecule has 120 valence electrons. The monoisotopic (exact) mass is 302 g/mol. The van der Waals surface area contributed by atoms with E-state index in [9.17, 15) is 15.0 Å². The predicted octanol–water partition coefficient (Wildman–Crippen LogP) is -2.51. The number of aliphatic hydroxyl groups excluding tert-OH is 3. The Kier molecular flexibility index (Phi) is 6.09. The molecule has 0 aromatic rings. The largest absolute Gasteiger partial charge is 0.400 e. The molecule has 4 unspecified atom stereocenters. The Morgan fingerprint density at radius 1 is 1.33 bits per heavy atom. The number of aliphatic hydroxyl groups is 3. The first-order valence-electron chi connectivity index (χ1n) is 6.59. The van der Waals surface area contributed by atoms with Gasteiger partial charge in [-0.3, -0.25) is 10.2 Å². The second kappa shape index (κ2) is 7.36. The molecule has 0 radical (unpaired) electrons. The van der Waals surface area contributed by atoms with Gasteiger partial charge in [-0.25, -0.2) is 0 Å². The fraction of sp³-hybridized carbons (Fsp3) is 0.667. The van der Waals surface area contributed by atoms with Crippen LogP contribution in [0, 0.1) is 5.41 Å². The van der Waals surface area contributed by atoms with Gasteiger partial charge in [0.05, 0.1) is 12.3 Å². The maximum absolute atomic E-state index is 11.9. The van der Waals surface area contributed by atoms with E-state index >= 15 is 0 Å². The van der Waals surface area contributed by atoms with E-state index in [1.54, 1.807) is 0 Å². The summed E-state index contributed by atoms with van der Waals surface area (Å²) in [5.74, 6) is -0.888. The summed E-state index contributed by atoms with van der Waals surface area (Å²) >= 11 is 0. The predicted molar refractivity (Wildman–Crippen MR) is 73.9 cm³/mol. The first-order valence-corrected chi connectivity index (χ1v) is 6.59. The number of ether oxygens (including phenoxy) is 1. The number of carbonyl (C=O) groups is 1. The van der Waals surface area contributed by atoms with Crippen LogP contribution in [0.3, 0.4) is 0 Å². The molecule has 0 aliphatic carbocycles. The first kappa shape index (κ1) is 17.4. The van der Waals surface area contributed by atoms with E-state index in [1.807, 2.05) is 6.92 Å². The molecule has 1 aliphatic heterocycles. The fourth-order valence-corrected chi connectivity index (χ4v) is 1.91. The molecule has 9 heteroatoms. The molecule has 0 bridgehead atoms. The number of rotatable bonds is 6. The van der Waals surface area contributed by atoms with E-state index < -0.39 is 42.8 Å². The third-order valence-electron chi connectivity index (χ3n) is 3.18. The molecule has 1 heterocycles. The van der Waals surface area contributed by atoms with Crippen molar-refractivity contribution in [1.29, 1.82) is 5.41 Å². The fourth-order valence-electron chi connectivity index (χ4n) is 1.91. The van der Waals surface area contributed by atoms with Gasteiger partial charge in [-0.1, -0.05) is 13.3 Å². The lowest BCUT2D eigenvalue weighted by Gasteiger charge is -2.17. The van der Waals surface area contributed by atoms with Gasteiger partial charge in [0.1, 0.15) is 24.0 Å². The Morgan fingerprint density at radius 3 is 2.43 bits per heavy atom. The smallest absolute Gasteiger partial charge is 0.273 e. The highest BCUT2D eigenvalue weighted by Crippen LogP contribution is 2.19. The summed E-state index contributed by atoms with van der Waals surface area (Å²) in [7, 11) is 0. The van der Waals surface area contributed by atoms with Gasteiger partial charge >= 0.3 is 0 Å². The average molecular weight is 302 g/mol. The van der Waals surface area contributed by atoms with Crippen molar-refractivity contribution in [1.82, 2.24) is 5.32 Å². The average Bonchev–Trinajstić information content (AvgIpc) is 2.73. The van der Waals surface area contributed by atoms with Gasteiger partial charge in [0, 0.05) is 5.70 Å². The van der Waals surface area contributed by atoms with Gasteiger partial charge in [0.25, 0.3) is 5.91 Å². The summed E-state index contributed by atoms with van der Waals surface area (Å²) in [4.78, 5) is 11.9. The summed E-state index contributed by atoms with van der Waals surface area (Å²) in [5.41, 5.74) is 10.8. The van der Waals surface area contributed by atoms with E-state index in [2.05, 4.69) is 5.32 Å². The van der Waals surface area contributed by atoms with Crippen LogP contribution in [0.5, 0.6) is 0 Å². The van der Waals surface area contributed by atoms with Gasteiger partial charge < -0.3 is 36.8 Å². The second-order valence-electron chi connectivity index (χ2n) is 4.80. The van der Waals surface area contributed by atoms with Gasteiger partial charge in [0.2, 0.25) is 0 Å². The van der Waals surface area contributed by atoms with Crippen LogP contribution in [0.2, 0.25) is 0 Å². The Balaban J connectivity index is 2.70. The molecule has 0 saturated carbocycles. The number of nitrogens with one attached hydrogen (secondary N) is 2. The maximum atomic E-state index is 11.9. The Bertz CT molecular complexity index is 439. The minimum absolute atomic E-state index is 0.138. The van der Waals surface area contributed by atoms with E-state index in [4.69, 9.17) is 26.7 Å². The molecular weight excluding hydrogens is 280 g/mol. The normalized spacial score (nSPS) is 29.9. The summed E-state index contributed by atoms with van der Waals surface area (Å²) < 4.78 is 5.08. The van der Waals surface area contributed by atoms with Crippen molar-refractivity contribution in [2.45, 2.75) is 44.3 Å². The summed E-state index contributed by atoms with van der Waals surface area (Å²) in [6.07, 6.45) is -3.79. The molecule has 21 heavy (non-hydrogen) atoms. The van der Waals surface area contributed by atoms with Crippen LogP contribution >= 0.6 is 0 Å². The van der Waals surface area contributed by atoms with Crippen molar-refractivity contribution >= 4 is 11.6 Å². The molecule has 1 saturated heterocycles. The Hall–Kier alpha value is -1.68. The number of allylic oxidation sites excluding steroid dienone is 1. The van der Waals surface area contributed by atoms with Gasteiger partial charge in [0.15, 0.2) is 6.23 Å². The third kappa shape index (κ3) is 3.91. The standard InChI is InChI=1S/C12H22N4O5/c1-2-3-5(13)7(14)8(15)11(20)16-12-10(19)9(18)6(4-17)21-12/h6,9-10,12,15,17-19H,2-4,13-14H2,1H3,(H,16,20). The highest BCUT2D eigenvalue weighted by atomic mass is 16.6. The number of carbonyl (C=O) groups excluding carboxylic acids is 1. The topological polar surface area (TPSA) is 175 Å². The van der Waals surface area contributed by atoms with Crippen LogP contribution in [0.1, 0.15) is 19.8 Å². The zero-order chi connectivity index (χ0) is 16.2. The highest BCUT2D eigenvalue weighted by Gasteiger charge is 2.43. The molecule has 0 spiro atoms. The van der Waals surface area contributed by atoms with Crippen LogP contribution in [0.15, 0.2) is 11.4 Å². The quantitative estimate of drug-likeness (QED) is 0.265. The molecular formula is C12H22N4O5. The van der Waals surface area contributed by atoms with Crippen molar-refractivity contribution < 1.29 is 24.9 Å². The molecule has 1 aliphatic rings. The van der Waals surface area contributed by atoms with E-state index in [0.717, 1.165) is 6.42 Å². The number of hydrogen-bond donors (Lipinski definition) is 7. The Labute approximate surface area is 122 Å². The minimum atomic E-state index is -1.41. The third-order valence-corrected chi connectivity index (χ3v) is 3.18. The molecule has 0 aromatic carbocycles. The summed E-state index contributed by atoms with van der Waals surface area (Å²) in [6, 6.07) is 0. The van der Waals surface area contributed by atoms with E-state index in [-0.39, 0.29) is 11.4 Å². The molecule has 1 fully saturated rings. The molecule has 9 nitrogen and oxygen atoms in total. The number of nitrogens with two attached hydrogens (primary N) is 2. The number of amides is 1. The van der Waals surface area contributed by atoms with Crippen LogP contribution < -0.4 is 16.8 Å². The van der Waals surface area contributed by atoms with Crippen LogP contribution in [0.25, 0.3) is 0 Å². The van der Waals surface area contributed by atoms with Crippen molar-refractivity contribution in [3.8, 4) is 0 Å². The van der Waals surface area contributed by atoms with Crippen molar-refractivity contribution in [2.75, 3.05) is 6.61 Å². The molecule has 1 amide bonds. The zero-order valence-electron chi connectivity index (χ0n) is 11.7. The molecule has 4 atom stereocenters. The van der Waals surface area contributed by atoms with Gasteiger partial charge in [-0.15, -0.1) is 0 Å².